The summed E-state index contributed by atoms with van der Waals surface area (Å²) in [5.74, 6) is -1.38. The third kappa shape index (κ3) is 5.82. The molecule has 0 aliphatic carbocycles. The maximum Gasteiger partial charge on any atom is 0.328 e. The standard InChI is InChI=1S/C18H19N3O5/c1-12-4-3-5-13(10-12)19-17(23)18(24)21-20-16(22)11-26-15-8-6-14(25-2)7-9-15/h3-10H,11H2,1-2H3,(H,19,23)(H,20,22)(H,21,24). The molecule has 0 atom stereocenters. The summed E-state index contributed by atoms with van der Waals surface area (Å²) in [5.41, 5.74) is 5.55. The van der Waals surface area contributed by atoms with Crippen molar-refractivity contribution < 1.29 is 23.9 Å². The quantitative estimate of drug-likeness (QED) is 0.550. The van der Waals surface area contributed by atoms with Crippen LogP contribution in [0.15, 0.2) is 48.5 Å². The van der Waals surface area contributed by atoms with Crippen molar-refractivity contribution in [2.24, 2.45) is 0 Å². The van der Waals surface area contributed by atoms with Gasteiger partial charge < -0.3 is 14.8 Å². The third-order valence-electron chi connectivity index (χ3n) is 3.23. The van der Waals surface area contributed by atoms with Gasteiger partial charge in [0.15, 0.2) is 6.61 Å². The Morgan fingerprint density at radius 3 is 2.27 bits per heavy atom. The van der Waals surface area contributed by atoms with Crippen LogP contribution in [0.5, 0.6) is 11.5 Å². The average Bonchev–Trinajstić information content (AvgIpc) is 2.64. The second kappa shape index (κ2) is 9.07. The molecule has 8 heteroatoms. The van der Waals surface area contributed by atoms with Crippen LogP contribution in [-0.2, 0) is 14.4 Å². The lowest BCUT2D eigenvalue weighted by atomic mass is 10.2. The minimum absolute atomic E-state index is 0.327. The summed E-state index contributed by atoms with van der Waals surface area (Å²) >= 11 is 0. The summed E-state index contributed by atoms with van der Waals surface area (Å²) in [5, 5.41) is 2.43. The molecule has 2 aromatic rings. The molecule has 0 aromatic heterocycles. The minimum atomic E-state index is -0.996. The van der Waals surface area contributed by atoms with E-state index in [4.69, 9.17) is 9.47 Å². The highest BCUT2D eigenvalue weighted by Crippen LogP contribution is 2.16. The first-order chi connectivity index (χ1) is 12.5. The van der Waals surface area contributed by atoms with Crippen molar-refractivity contribution in [2.45, 2.75) is 6.92 Å². The van der Waals surface area contributed by atoms with E-state index in [1.807, 2.05) is 18.4 Å². The Hall–Kier alpha value is -3.55. The summed E-state index contributed by atoms with van der Waals surface area (Å²) in [4.78, 5) is 35.1. The zero-order valence-corrected chi connectivity index (χ0v) is 14.4. The topological polar surface area (TPSA) is 106 Å². The molecule has 3 N–H and O–H groups in total. The lowest BCUT2D eigenvalue weighted by Gasteiger charge is -2.09. The highest BCUT2D eigenvalue weighted by atomic mass is 16.5. The number of carbonyl (C=O) groups excluding carboxylic acids is 3. The Bertz CT molecular complexity index is 790. The lowest BCUT2D eigenvalue weighted by Crippen LogP contribution is -2.48. The predicted octanol–water partition coefficient (Wildman–Crippen LogP) is 1.17. The van der Waals surface area contributed by atoms with Crippen LogP contribution in [0.25, 0.3) is 0 Å². The summed E-state index contributed by atoms with van der Waals surface area (Å²) in [6, 6.07) is 13.6. The van der Waals surface area contributed by atoms with Crippen molar-refractivity contribution in [2.75, 3.05) is 19.0 Å². The number of ether oxygens (including phenoxy) is 2. The fraction of sp³-hybridized carbons (Fsp3) is 0.167. The van der Waals surface area contributed by atoms with Crippen LogP contribution in [0.3, 0.4) is 0 Å². The van der Waals surface area contributed by atoms with E-state index in [0.717, 1.165) is 5.56 Å². The molecule has 3 amide bonds. The minimum Gasteiger partial charge on any atom is -0.497 e. The molecule has 0 radical (unpaired) electrons. The Labute approximate surface area is 150 Å². The van der Waals surface area contributed by atoms with E-state index in [2.05, 4.69) is 10.7 Å². The number of benzene rings is 2. The molecule has 0 bridgehead atoms. The van der Waals surface area contributed by atoms with Crippen molar-refractivity contribution in [3.8, 4) is 11.5 Å². The van der Waals surface area contributed by atoms with E-state index < -0.39 is 17.7 Å². The lowest BCUT2D eigenvalue weighted by molar-refractivity contribution is -0.138. The highest BCUT2D eigenvalue weighted by Gasteiger charge is 2.14. The SMILES string of the molecule is COc1ccc(OCC(=O)NNC(=O)C(=O)Nc2cccc(C)c2)cc1. The second-order valence-corrected chi connectivity index (χ2v) is 5.29. The number of rotatable bonds is 5. The number of hydrogen-bond donors (Lipinski definition) is 3. The van der Waals surface area contributed by atoms with Crippen molar-refractivity contribution >= 4 is 23.4 Å². The molecule has 0 fully saturated rings. The van der Waals surface area contributed by atoms with Crippen molar-refractivity contribution in [1.82, 2.24) is 10.9 Å². The molecule has 136 valence electrons. The zero-order valence-electron chi connectivity index (χ0n) is 14.4. The van der Waals surface area contributed by atoms with Crippen LogP contribution < -0.4 is 25.6 Å². The number of nitrogens with one attached hydrogen (secondary N) is 3. The first kappa shape index (κ1) is 18.8. The Kier molecular flexibility index (Phi) is 6.55. The normalized spacial score (nSPS) is 9.77. The predicted molar refractivity (Wildman–Crippen MR) is 94.6 cm³/mol. The number of carbonyl (C=O) groups is 3. The van der Waals surface area contributed by atoms with E-state index in [-0.39, 0.29) is 6.61 Å². The van der Waals surface area contributed by atoms with Gasteiger partial charge >= 0.3 is 11.8 Å². The summed E-state index contributed by atoms with van der Waals surface area (Å²) in [6.07, 6.45) is 0. The Morgan fingerprint density at radius 1 is 0.923 bits per heavy atom. The summed E-state index contributed by atoms with van der Waals surface area (Å²) in [7, 11) is 1.54. The zero-order chi connectivity index (χ0) is 18.9. The molecule has 8 nitrogen and oxygen atoms in total. The Morgan fingerprint density at radius 2 is 1.62 bits per heavy atom. The summed E-state index contributed by atoms with van der Waals surface area (Å²) < 4.78 is 10.3. The van der Waals surface area contributed by atoms with Crippen molar-refractivity contribution in [3.05, 3.63) is 54.1 Å². The van der Waals surface area contributed by atoms with E-state index in [0.29, 0.717) is 17.2 Å². The first-order valence-corrected chi connectivity index (χ1v) is 7.71. The van der Waals surface area contributed by atoms with Crippen LogP contribution >= 0.6 is 0 Å². The van der Waals surface area contributed by atoms with Crippen LogP contribution in [0.2, 0.25) is 0 Å². The first-order valence-electron chi connectivity index (χ1n) is 7.71. The van der Waals surface area contributed by atoms with E-state index in [9.17, 15) is 14.4 Å². The van der Waals surface area contributed by atoms with Gasteiger partial charge in [-0.1, -0.05) is 12.1 Å². The highest BCUT2D eigenvalue weighted by molar-refractivity contribution is 6.39. The molecule has 26 heavy (non-hydrogen) atoms. The molecule has 0 aliphatic rings. The molecular weight excluding hydrogens is 338 g/mol. The van der Waals surface area contributed by atoms with Gasteiger partial charge in [-0.15, -0.1) is 0 Å². The maximum absolute atomic E-state index is 11.8. The van der Waals surface area contributed by atoms with Gasteiger partial charge in [0, 0.05) is 5.69 Å². The monoisotopic (exact) mass is 357 g/mol. The van der Waals surface area contributed by atoms with Gasteiger partial charge in [-0.25, -0.2) is 0 Å². The molecule has 0 saturated carbocycles. The molecule has 2 aromatic carbocycles. The molecule has 0 spiro atoms. The number of amides is 3. The van der Waals surface area contributed by atoms with Crippen LogP contribution in [-0.4, -0.2) is 31.4 Å². The van der Waals surface area contributed by atoms with E-state index in [1.54, 1.807) is 49.6 Å². The smallest absolute Gasteiger partial charge is 0.328 e. The van der Waals surface area contributed by atoms with Gasteiger partial charge in [-0.05, 0) is 48.9 Å². The third-order valence-corrected chi connectivity index (χ3v) is 3.23. The van der Waals surface area contributed by atoms with Crippen LogP contribution in [0, 0.1) is 6.92 Å². The van der Waals surface area contributed by atoms with Gasteiger partial charge in [0.1, 0.15) is 11.5 Å². The number of methoxy groups -OCH3 is 1. The van der Waals surface area contributed by atoms with Gasteiger partial charge in [0.05, 0.1) is 7.11 Å². The van der Waals surface area contributed by atoms with Crippen molar-refractivity contribution in [3.63, 3.8) is 0 Å². The number of anilines is 1. The fourth-order valence-corrected chi connectivity index (χ4v) is 1.95. The van der Waals surface area contributed by atoms with Gasteiger partial charge in [-0.2, -0.15) is 0 Å². The molecule has 0 aliphatic heterocycles. The summed E-state index contributed by atoms with van der Waals surface area (Å²) in [6.45, 7) is 1.53. The second-order valence-electron chi connectivity index (χ2n) is 5.29. The molecular formula is C18H19N3O5. The maximum atomic E-state index is 11.8. The molecule has 0 saturated heterocycles. The number of hydrogen-bond acceptors (Lipinski definition) is 5. The van der Waals surface area contributed by atoms with Gasteiger partial charge in [-0.3, -0.25) is 25.2 Å². The van der Waals surface area contributed by atoms with Crippen molar-refractivity contribution in [1.29, 1.82) is 0 Å². The van der Waals surface area contributed by atoms with Crippen LogP contribution in [0.1, 0.15) is 5.56 Å². The van der Waals surface area contributed by atoms with Gasteiger partial charge in [0.2, 0.25) is 0 Å². The van der Waals surface area contributed by atoms with E-state index in [1.165, 1.54) is 0 Å². The number of aryl methyl sites for hydroxylation is 1. The fourth-order valence-electron chi connectivity index (χ4n) is 1.95. The molecule has 0 unspecified atom stereocenters. The molecule has 2 rings (SSSR count). The number of hydrazine groups is 1. The van der Waals surface area contributed by atoms with Gasteiger partial charge in [0.25, 0.3) is 5.91 Å². The Balaban J connectivity index is 1.73. The largest absolute Gasteiger partial charge is 0.497 e. The van der Waals surface area contributed by atoms with E-state index >= 15 is 0 Å². The molecule has 0 heterocycles. The van der Waals surface area contributed by atoms with Crippen LogP contribution in [0.4, 0.5) is 5.69 Å². The average molecular weight is 357 g/mol.